The normalized spacial score (nSPS) is 13.1. The van der Waals surface area contributed by atoms with Crippen molar-refractivity contribution in [2.75, 3.05) is 0 Å². The largest absolute Gasteiger partial charge is 0.349 e. The van der Waals surface area contributed by atoms with Gasteiger partial charge in [-0.1, -0.05) is 30.3 Å². The number of benzene rings is 1. The fourth-order valence-corrected chi connectivity index (χ4v) is 1.04. The lowest BCUT2D eigenvalue weighted by atomic mass is 10.2. The zero-order chi connectivity index (χ0) is 10.4. The minimum atomic E-state index is -1.98. The Labute approximate surface area is 84.4 Å². The van der Waals surface area contributed by atoms with Crippen molar-refractivity contribution in [1.82, 2.24) is 5.48 Å². The van der Waals surface area contributed by atoms with E-state index in [2.05, 4.69) is 5.48 Å². The quantitative estimate of drug-likeness (QED) is 0.512. The van der Waals surface area contributed by atoms with Crippen LogP contribution in [0.1, 0.15) is 12.5 Å². The van der Waals surface area contributed by atoms with Crippen molar-refractivity contribution in [2.45, 2.75) is 19.3 Å². The molecule has 0 aliphatic carbocycles. The number of hydrogen-bond acceptors (Lipinski definition) is 4. The number of hydrogen-bond donors (Lipinski definition) is 3. The van der Waals surface area contributed by atoms with Crippen LogP contribution in [0.5, 0.6) is 0 Å². The first-order valence-electron chi connectivity index (χ1n) is 4.28. The smallest absolute Gasteiger partial charge is 0.185 e. The van der Waals surface area contributed by atoms with Crippen LogP contribution >= 0.6 is 8.38 Å². The van der Waals surface area contributed by atoms with E-state index < -0.39 is 14.2 Å². The molecule has 0 aliphatic rings. The van der Waals surface area contributed by atoms with Crippen molar-refractivity contribution < 1.29 is 14.6 Å². The highest BCUT2D eigenvalue weighted by Gasteiger charge is 2.10. The van der Waals surface area contributed by atoms with E-state index in [0.717, 1.165) is 5.56 Å². The first kappa shape index (κ1) is 11.6. The Bertz CT molecular complexity index is 255. The first-order chi connectivity index (χ1) is 6.70. The van der Waals surface area contributed by atoms with E-state index in [9.17, 15) is 0 Å². The first-order valence-corrected chi connectivity index (χ1v) is 5.60. The Balaban J connectivity index is 2.22. The summed E-state index contributed by atoms with van der Waals surface area (Å²) in [6.07, 6.45) is 0. The highest BCUT2D eigenvalue weighted by molar-refractivity contribution is 7.45. The van der Waals surface area contributed by atoms with E-state index in [1.165, 1.54) is 0 Å². The Kier molecular flexibility index (Phi) is 5.01. The van der Waals surface area contributed by atoms with Crippen molar-refractivity contribution in [2.24, 2.45) is 0 Å². The maximum absolute atomic E-state index is 8.80. The van der Waals surface area contributed by atoms with Crippen molar-refractivity contribution in [3.8, 4) is 0 Å². The van der Waals surface area contributed by atoms with Crippen molar-refractivity contribution in [3.05, 3.63) is 35.9 Å². The lowest BCUT2D eigenvalue weighted by Gasteiger charge is -2.14. The monoisotopic (exact) mass is 215 g/mol. The molecular formula is C9H14NO3P. The lowest BCUT2D eigenvalue weighted by Crippen LogP contribution is -2.24. The molecule has 78 valence electrons. The maximum Gasteiger partial charge on any atom is 0.185 e. The van der Waals surface area contributed by atoms with Crippen LogP contribution in [0.4, 0.5) is 0 Å². The predicted octanol–water partition coefficient (Wildman–Crippen LogP) is 1.35. The van der Waals surface area contributed by atoms with Gasteiger partial charge in [0.15, 0.2) is 8.38 Å². The zero-order valence-corrected chi connectivity index (χ0v) is 8.82. The molecule has 1 unspecified atom stereocenters. The molecule has 1 atom stereocenters. The third-order valence-corrected chi connectivity index (χ3v) is 2.48. The third kappa shape index (κ3) is 4.13. The van der Waals surface area contributed by atoms with Gasteiger partial charge in [0.05, 0.1) is 12.4 Å². The van der Waals surface area contributed by atoms with Gasteiger partial charge in [0, 0.05) is 0 Å². The second-order valence-electron chi connectivity index (χ2n) is 2.89. The Morgan fingerprint density at radius 3 is 2.57 bits per heavy atom. The Morgan fingerprint density at radius 1 is 1.36 bits per heavy atom. The van der Waals surface area contributed by atoms with Gasteiger partial charge in [-0.05, 0) is 12.5 Å². The van der Waals surface area contributed by atoms with Crippen molar-refractivity contribution in [3.63, 3.8) is 0 Å². The zero-order valence-electron chi connectivity index (χ0n) is 7.92. The van der Waals surface area contributed by atoms with E-state index in [1.54, 1.807) is 6.92 Å². The Morgan fingerprint density at radius 2 is 2.00 bits per heavy atom. The van der Waals surface area contributed by atoms with Crippen LogP contribution in [0.25, 0.3) is 0 Å². The van der Waals surface area contributed by atoms with Crippen LogP contribution in [-0.4, -0.2) is 15.6 Å². The molecule has 0 fully saturated rings. The van der Waals surface area contributed by atoms with E-state index in [4.69, 9.17) is 14.6 Å². The molecule has 0 amide bonds. The molecule has 0 saturated carbocycles. The average Bonchev–Trinajstić information content (AvgIpc) is 2.19. The SMILES string of the molecule is CC(NOCc1ccccc1)P(O)O. The molecule has 3 N–H and O–H groups in total. The highest BCUT2D eigenvalue weighted by Crippen LogP contribution is 2.27. The van der Waals surface area contributed by atoms with Gasteiger partial charge in [0.1, 0.15) is 0 Å². The number of rotatable bonds is 5. The third-order valence-electron chi connectivity index (χ3n) is 1.68. The van der Waals surface area contributed by atoms with Gasteiger partial charge in [0.2, 0.25) is 0 Å². The molecule has 0 saturated heterocycles. The second-order valence-corrected chi connectivity index (χ2v) is 4.30. The van der Waals surface area contributed by atoms with Gasteiger partial charge in [-0.3, -0.25) is 4.84 Å². The standard InChI is InChI=1S/C9H14NO3P/c1-8(14(11)12)10-13-7-9-5-3-2-4-6-9/h2-6,8,10-12H,7H2,1H3. The van der Waals surface area contributed by atoms with Crippen LogP contribution in [0.15, 0.2) is 30.3 Å². The molecule has 5 heteroatoms. The summed E-state index contributed by atoms with van der Waals surface area (Å²) in [5, 5.41) is 0. The predicted molar refractivity (Wildman–Crippen MR) is 55.2 cm³/mol. The molecule has 14 heavy (non-hydrogen) atoms. The summed E-state index contributed by atoms with van der Waals surface area (Å²) in [5.74, 6) is -0.436. The fraction of sp³-hybridized carbons (Fsp3) is 0.333. The van der Waals surface area contributed by atoms with E-state index >= 15 is 0 Å². The minimum Gasteiger partial charge on any atom is -0.349 e. The fourth-order valence-electron chi connectivity index (χ4n) is 0.867. The minimum absolute atomic E-state index is 0.411. The van der Waals surface area contributed by atoms with Gasteiger partial charge in [-0.2, -0.15) is 5.48 Å². The van der Waals surface area contributed by atoms with Crippen LogP contribution in [0.2, 0.25) is 0 Å². The van der Waals surface area contributed by atoms with Crippen molar-refractivity contribution in [1.29, 1.82) is 0 Å². The summed E-state index contributed by atoms with van der Waals surface area (Å²) in [6, 6.07) is 9.65. The summed E-state index contributed by atoms with van der Waals surface area (Å²) in [6.45, 7) is 2.06. The van der Waals surface area contributed by atoms with Gasteiger partial charge < -0.3 is 9.79 Å². The maximum atomic E-state index is 8.80. The molecule has 0 bridgehead atoms. The van der Waals surface area contributed by atoms with Gasteiger partial charge in [-0.25, -0.2) is 0 Å². The summed E-state index contributed by atoms with van der Waals surface area (Å²) < 4.78 is 0. The van der Waals surface area contributed by atoms with Crippen LogP contribution in [0, 0.1) is 0 Å². The Hall–Kier alpha value is -0.510. The lowest BCUT2D eigenvalue weighted by molar-refractivity contribution is 0.0207. The van der Waals surface area contributed by atoms with Gasteiger partial charge in [0.25, 0.3) is 0 Å². The second kappa shape index (κ2) is 6.06. The van der Waals surface area contributed by atoms with Crippen LogP contribution < -0.4 is 5.48 Å². The summed E-state index contributed by atoms with van der Waals surface area (Å²) in [4.78, 5) is 22.7. The molecule has 4 nitrogen and oxygen atoms in total. The molecule has 0 aromatic heterocycles. The summed E-state index contributed by atoms with van der Waals surface area (Å²) in [7, 11) is -1.98. The summed E-state index contributed by atoms with van der Waals surface area (Å²) in [5.41, 5.74) is 3.59. The van der Waals surface area contributed by atoms with Crippen LogP contribution in [-0.2, 0) is 11.4 Å². The number of nitrogens with one attached hydrogen (secondary N) is 1. The molecule has 0 spiro atoms. The van der Waals surface area contributed by atoms with E-state index in [1.807, 2.05) is 30.3 Å². The molecule has 0 heterocycles. The topological polar surface area (TPSA) is 61.7 Å². The van der Waals surface area contributed by atoms with Crippen LogP contribution in [0.3, 0.4) is 0 Å². The van der Waals surface area contributed by atoms with Gasteiger partial charge >= 0.3 is 0 Å². The highest BCUT2D eigenvalue weighted by atomic mass is 31.2. The molecule has 0 aliphatic heterocycles. The molecule has 1 aromatic carbocycles. The molecule has 0 radical (unpaired) electrons. The van der Waals surface area contributed by atoms with E-state index in [0.29, 0.717) is 6.61 Å². The average molecular weight is 215 g/mol. The van der Waals surface area contributed by atoms with E-state index in [-0.39, 0.29) is 0 Å². The number of hydroxylamine groups is 1. The van der Waals surface area contributed by atoms with Crippen molar-refractivity contribution >= 4 is 8.38 Å². The molecular weight excluding hydrogens is 201 g/mol. The van der Waals surface area contributed by atoms with Gasteiger partial charge in [-0.15, -0.1) is 0 Å². The molecule has 1 rings (SSSR count). The summed E-state index contributed by atoms with van der Waals surface area (Å²) >= 11 is 0. The molecule has 1 aromatic rings.